The zero-order valence-corrected chi connectivity index (χ0v) is 16.5. The summed E-state index contributed by atoms with van der Waals surface area (Å²) in [5.74, 6) is 2.20. The molecule has 1 aromatic carbocycles. The topological polar surface area (TPSA) is 98.7 Å². The zero-order chi connectivity index (χ0) is 19.8. The highest BCUT2D eigenvalue weighted by Crippen LogP contribution is 2.36. The van der Waals surface area contributed by atoms with E-state index >= 15 is 0 Å². The van der Waals surface area contributed by atoms with Crippen LogP contribution >= 0.6 is 11.3 Å². The second-order valence-corrected chi connectivity index (χ2v) is 7.89. The molecule has 3 aromatic heterocycles. The summed E-state index contributed by atoms with van der Waals surface area (Å²) >= 11 is 1.47. The van der Waals surface area contributed by atoms with Gasteiger partial charge >= 0.3 is 0 Å². The van der Waals surface area contributed by atoms with Crippen LogP contribution in [-0.4, -0.2) is 31.1 Å². The Morgan fingerprint density at radius 2 is 2.07 bits per heavy atom. The predicted octanol–water partition coefficient (Wildman–Crippen LogP) is 3.88. The van der Waals surface area contributed by atoms with Crippen molar-refractivity contribution in [3.8, 4) is 22.2 Å². The molecule has 4 aromatic rings. The Labute approximate surface area is 170 Å². The van der Waals surface area contributed by atoms with E-state index in [-0.39, 0.29) is 12.3 Å². The Hall–Kier alpha value is -3.33. The molecular weight excluding hydrogens is 388 g/mol. The van der Waals surface area contributed by atoms with Gasteiger partial charge in [0.2, 0.25) is 5.91 Å². The lowest BCUT2D eigenvalue weighted by molar-refractivity contribution is -0.115. The van der Waals surface area contributed by atoms with Crippen molar-refractivity contribution in [2.24, 2.45) is 0 Å². The number of furan rings is 1. The third-order valence-electron chi connectivity index (χ3n) is 4.66. The highest BCUT2D eigenvalue weighted by atomic mass is 32.1. The van der Waals surface area contributed by atoms with Gasteiger partial charge in [-0.2, -0.15) is 0 Å². The molecule has 1 fully saturated rings. The number of carbonyl (C=O) groups is 1. The van der Waals surface area contributed by atoms with Crippen LogP contribution in [0.4, 0.5) is 5.69 Å². The van der Waals surface area contributed by atoms with Crippen LogP contribution in [0.1, 0.15) is 30.3 Å². The first-order valence-electron chi connectivity index (χ1n) is 9.35. The van der Waals surface area contributed by atoms with E-state index in [0.29, 0.717) is 6.04 Å². The van der Waals surface area contributed by atoms with Crippen molar-refractivity contribution in [2.45, 2.75) is 32.2 Å². The van der Waals surface area contributed by atoms with E-state index in [9.17, 15) is 4.79 Å². The molecule has 8 nitrogen and oxygen atoms in total. The molecule has 146 valence electrons. The van der Waals surface area contributed by atoms with Crippen molar-refractivity contribution in [3.05, 3.63) is 53.2 Å². The quantitative estimate of drug-likeness (QED) is 0.522. The van der Waals surface area contributed by atoms with Crippen LogP contribution in [-0.2, 0) is 11.2 Å². The third kappa shape index (κ3) is 3.81. The van der Waals surface area contributed by atoms with Gasteiger partial charge in [0.15, 0.2) is 16.6 Å². The SMILES string of the molecule is Cc1ccc(-c2nc(CC(=O)Nc3ccc(-c4nnnn4C4CC4)cc3)cs2)o1. The molecule has 1 N–H and O–H groups in total. The maximum atomic E-state index is 12.4. The summed E-state index contributed by atoms with van der Waals surface area (Å²) in [7, 11) is 0. The van der Waals surface area contributed by atoms with Crippen LogP contribution in [0.5, 0.6) is 0 Å². The molecule has 0 unspecified atom stereocenters. The minimum Gasteiger partial charge on any atom is -0.459 e. The van der Waals surface area contributed by atoms with Crippen LogP contribution in [0.25, 0.3) is 22.2 Å². The van der Waals surface area contributed by atoms with Crippen molar-refractivity contribution >= 4 is 22.9 Å². The van der Waals surface area contributed by atoms with Gasteiger partial charge in [-0.25, -0.2) is 9.67 Å². The lowest BCUT2D eigenvalue weighted by Gasteiger charge is -2.06. The number of rotatable bonds is 6. The van der Waals surface area contributed by atoms with E-state index in [2.05, 4.69) is 25.8 Å². The number of benzene rings is 1. The van der Waals surface area contributed by atoms with Gasteiger partial charge < -0.3 is 9.73 Å². The fraction of sp³-hybridized carbons (Fsp3) is 0.250. The number of thiazole rings is 1. The smallest absolute Gasteiger partial charge is 0.230 e. The Morgan fingerprint density at radius 3 is 2.79 bits per heavy atom. The predicted molar refractivity (Wildman–Crippen MR) is 108 cm³/mol. The molecule has 0 radical (unpaired) electrons. The second kappa shape index (κ2) is 7.25. The van der Waals surface area contributed by atoms with Gasteiger partial charge in [-0.3, -0.25) is 4.79 Å². The zero-order valence-electron chi connectivity index (χ0n) is 15.7. The van der Waals surface area contributed by atoms with Crippen molar-refractivity contribution in [3.63, 3.8) is 0 Å². The Bertz CT molecular complexity index is 1160. The molecule has 29 heavy (non-hydrogen) atoms. The highest BCUT2D eigenvalue weighted by Gasteiger charge is 2.28. The van der Waals surface area contributed by atoms with Gasteiger partial charge in [-0.1, -0.05) is 0 Å². The number of hydrogen-bond donors (Lipinski definition) is 1. The number of aryl methyl sites for hydroxylation is 1. The normalized spacial score (nSPS) is 13.6. The Balaban J connectivity index is 1.23. The van der Waals surface area contributed by atoms with E-state index in [1.165, 1.54) is 11.3 Å². The Kier molecular flexibility index (Phi) is 4.44. The van der Waals surface area contributed by atoms with Gasteiger partial charge in [0, 0.05) is 16.6 Å². The monoisotopic (exact) mass is 406 g/mol. The molecule has 1 aliphatic rings. The summed E-state index contributed by atoms with van der Waals surface area (Å²) in [5, 5.41) is 17.5. The fourth-order valence-corrected chi connectivity index (χ4v) is 3.85. The number of carbonyl (C=O) groups excluding carboxylic acids is 1. The van der Waals surface area contributed by atoms with Gasteiger partial charge in [0.05, 0.1) is 18.2 Å². The van der Waals surface area contributed by atoms with Crippen LogP contribution in [0, 0.1) is 6.92 Å². The number of tetrazole rings is 1. The fourth-order valence-electron chi connectivity index (χ4n) is 3.07. The summed E-state index contributed by atoms with van der Waals surface area (Å²) in [5.41, 5.74) is 2.37. The standard InChI is InChI=1S/C20H18N6O2S/c1-12-2-9-17(28-12)20-22-15(11-29-20)10-18(27)21-14-5-3-13(4-6-14)19-23-24-25-26(19)16-7-8-16/h2-6,9,11,16H,7-8,10H2,1H3,(H,21,27). The third-order valence-corrected chi connectivity index (χ3v) is 5.56. The molecule has 3 heterocycles. The minimum atomic E-state index is -0.118. The molecule has 0 bridgehead atoms. The van der Waals surface area contributed by atoms with Crippen molar-refractivity contribution in [1.29, 1.82) is 0 Å². The number of amides is 1. The van der Waals surface area contributed by atoms with Crippen LogP contribution in [0.15, 0.2) is 46.2 Å². The highest BCUT2D eigenvalue weighted by molar-refractivity contribution is 7.13. The van der Waals surface area contributed by atoms with E-state index in [0.717, 1.165) is 52.1 Å². The summed E-state index contributed by atoms with van der Waals surface area (Å²) < 4.78 is 7.45. The first-order valence-corrected chi connectivity index (χ1v) is 10.2. The van der Waals surface area contributed by atoms with Crippen LogP contribution < -0.4 is 5.32 Å². The lowest BCUT2D eigenvalue weighted by Crippen LogP contribution is -2.14. The maximum Gasteiger partial charge on any atom is 0.230 e. The van der Waals surface area contributed by atoms with Gasteiger partial charge in [0.25, 0.3) is 0 Å². The summed E-state index contributed by atoms with van der Waals surface area (Å²) in [6.45, 7) is 1.89. The first-order chi connectivity index (χ1) is 14.2. The molecule has 1 saturated carbocycles. The molecule has 0 atom stereocenters. The number of anilines is 1. The number of hydrogen-bond acceptors (Lipinski definition) is 7. The molecular formula is C20H18N6O2S. The van der Waals surface area contributed by atoms with Crippen LogP contribution in [0.2, 0.25) is 0 Å². The minimum absolute atomic E-state index is 0.118. The second-order valence-electron chi connectivity index (χ2n) is 7.03. The van der Waals surface area contributed by atoms with Gasteiger partial charge in [-0.05, 0) is 66.6 Å². The maximum absolute atomic E-state index is 12.4. The molecule has 1 amide bonds. The Morgan fingerprint density at radius 1 is 1.24 bits per heavy atom. The largest absolute Gasteiger partial charge is 0.459 e. The molecule has 9 heteroatoms. The van der Waals surface area contributed by atoms with E-state index < -0.39 is 0 Å². The molecule has 5 rings (SSSR count). The van der Waals surface area contributed by atoms with E-state index in [1.807, 2.05) is 53.4 Å². The number of aromatic nitrogens is 5. The van der Waals surface area contributed by atoms with Crippen LogP contribution in [0.3, 0.4) is 0 Å². The van der Waals surface area contributed by atoms with E-state index in [4.69, 9.17) is 4.42 Å². The summed E-state index contributed by atoms with van der Waals surface area (Å²) in [6, 6.07) is 11.7. The molecule has 0 aliphatic heterocycles. The van der Waals surface area contributed by atoms with Crippen molar-refractivity contribution in [1.82, 2.24) is 25.2 Å². The average Bonchev–Trinajstić information content (AvgIpc) is 3.08. The lowest BCUT2D eigenvalue weighted by atomic mass is 10.2. The summed E-state index contributed by atoms with van der Waals surface area (Å²) in [4.78, 5) is 16.9. The van der Waals surface area contributed by atoms with Gasteiger partial charge in [0.1, 0.15) is 5.76 Å². The van der Waals surface area contributed by atoms with Crippen molar-refractivity contribution in [2.75, 3.05) is 5.32 Å². The molecule has 1 aliphatic carbocycles. The average molecular weight is 406 g/mol. The summed E-state index contributed by atoms with van der Waals surface area (Å²) in [6.07, 6.45) is 2.44. The first kappa shape index (κ1) is 17.7. The molecule has 0 saturated heterocycles. The van der Waals surface area contributed by atoms with Crippen molar-refractivity contribution < 1.29 is 9.21 Å². The van der Waals surface area contributed by atoms with Gasteiger partial charge in [-0.15, -0.1) is 16.4 Å². The molecule has 0 spiro atoms. The number of nitrogens with one attached hydrogen (secondary N) is 1. The van der Waals surface area contributed by atoms with E-state index in [1.54, 1.807) is 0 Å². The number of nitrogens with zero attached hydrogens (tertiary/aromatic N) is 5.